The molecule has 0 heterocycles. The van der Waals surface area contributed by atoms with Crippen LogP contribution in [0, 0.1) is 28.6 Å². The highest BCUT2D eigenvalue weighted by Gasteiger charge is 2.57. The normalized spacial score (nSPS) is 44.2. The second-order valence-corrected chi connectivity index (χ2v) is 9.60. The van der Waals surface area contributed by atoms with E-state index in [2.05, 4.69) is 26.0 Å². The van der Waals surface area contributed by atoms with Gasteiger partial charge in [0.05, 0.1) is 0 Å². The van der Waals surface area contributed by atoms with Crippen molar-refractivity contribution in [1.29, 1.82) is 0 Å². The largest absolute Gasteiger partial charge is 0.462 e. The van der Waals surface area contributed by atoms with Gasteiger partial charge in [0.15, 0.2) is 5.78 Å². The van der Waals surface area contributed by atoms with E-state index < -0.39 is 0 Å². The highest BCUT2D eigenvalue weighted by molar-refractivity contribution is 5.95. The van der Waals surface area contributed by atoms with Gasteiger partial charge in [0.2, 0.25) is 0 Å². The minimum Gasteiger partial charge on any atom is -0.462 e. The maximum absolute atomic E-state index is 12.2. The molecule has 0 aromatic carbocycles. The summed E-state index contributed by atoms with van der Waals surface area (Å²) >= 11 is 0. The van der Waals surface area contributed by atoms with Gasteiger partial charge in [-0.2, -0.15) is 0 Å². The summed E-state index contributed by atoms with van der Waals surface area (Å²) in [5.74, 6) is 2.11. The molecule has 26 heavy (non-hydrogen) atoms. The lowest BCUT2D eigenvalue weighted by Gasteiger charge is -2.57. The number of carbonyl (C=O) groups excluding carboxylic acids is 2. The molecule has 0 aliphatic heterocycles. The zero-order chi connectivity index (χ0) is 18.7. The van der Waals surface area contributed by atoms with Gasteiger partial charge < -0.3 is 4.74 Å². The fourth-order valence-electron chi connectivity index (χ4n) is 7.08. The van der Waals surface area contributed by atoms with Crippen molar-refractivity contribution in [1.82, 2.24) is 0 Å². The lowest BCUT2D eigenvalue weighted by atomic mass is 9.47. The van der Waals surface area contributed by atoms with Crippen LogP contribution in [-0.2, 0) is 14.3 Å². The van der Waals surface area contributed by atoms with Crippen molar-refractivity contribution in [2.45, 2.75) is 78.7 Å². The summed E-state index contributed by atoms with van der Waals surface area (Å²) < 4.78 is 5.52. The lowest BCUT2D eigenvalue weighted by molar-refractivity contribution is -0.148. The first-order valence-corrected chi connectivity index (χ1v) is 10.3. The second-order valence-electron chi connectivity index (χ2n) is 9.60. The Bertz CT molecular complexity index is 702. The van der Waals surface area contributed by atoms with Gasteiger partial charge in [-0.25, -0.2) is 0 Å². The number of fused-ring (bicyclic) bond motifs is 5. The molecule has 2 fully saturated rings. The van der Waals surface area contributed by atoms with E-state index in [1.165, 1.54) is 18.9 Å². The zero-order valence-corrected chi connectivity index (χ0v) is 16.6. The van der Waals surface area contributed by atoms with Crippen molar-refractivity contribution >= 4 is 11.8 Å². The molecule has 0 spiro atoms. The Morgan fingerprint density at radius 3 is 2.42 bits per heavy atom. The Morgan fingerprint density at radius 1 is 1.00 bits per heavy atom. The van der Waals surface area contributed by atoms with E-state index in [0.29, 0.717) is 17.8 Å². The molecule has 0 N–H and O–H groups in total. The fourth-order valence-corrected chi connectivity index (χ4v) is 7.08. The third-order valence-corrected chi connectivity index (χ3v) is 8.35. The Morgan fingerprint density at radius 2 is 1.73 bits per heavy atom. The average molecular weight is 357 g/mol. The highest BCUT2D eigenvalue weighted by Crippen LogP contribution is 2.65. The first-order chi connectivity index (χ1) is 12.3. The van der Waals surface area contributed by atoms with Gasteiger partial charge in [-0.3, -0.25) is 9.59 Å². The second kappa shape index (κ2) is 6.07. The highest BCUT2D eigenvalue weighted by atomic mass is 16.5. The predicted molar refractivity (Wildman–Crippen MR) is 101 cm³/mol. The Labute approximate surface area is 157 Å². The van der Waals surface area contributed by atoms with Crippen molar-refractivity contribution in [2.24, 2.45) is 28.6 Å². The van der Waals surface area contributed by atoms with Gasteiger partial charge in [-0.1, -0.05) is 31.6 Å². The molecule has 0 unspecified atom stereocenters. The van der Waals surface area contributed by atoms with E-state index in [1.54, 1.807) is 6.92 Å². The van der Waals surface area contributed by atoms with Crippen molar-refractivity contribution < 1.29 is 14.3 Å². The van der Waals surface area contributed by atoms with Crippen molar-refractivity contribution in [3.63, 3.8) is 0 Å². The minimum absolute atomic E-state index is 0.0645. The number of ether oxygens (including phenoxy) is 1. The zero-order valence-electron chi connectivity index (χ0n) is 16.6. The number of ketones is 1. The third kappa shape index (κ3) is 2.53. The van der Waals surface area contributed by atoms with Crippen LogP contribution in [0.25, 0.3) is 0 Å². The van der Waals surface area contributed by atoms with E-state index in [-0.39, 0.29) is 28.7 Å². The molecule has 2 saturated carbocycles. The van der Waals surface area contributed by atoms with Crippen LogP contribution in [0.4, 0.5) is 0 Å². The molecule has 3 heteroatoms. The molecule has 0 saturated heterocycles. The molecule has 4 aliphatic rings. The maximum atomic E-state index is 12.2. The summed E-state index contributed by atoms with van der Waals surface area (Å²) in [5.41, 5.74) is 2.96. The van der Waals surface area contributed by atoms with Gasteiger partial charge >= 0.3 is 5.97 Å². The molecule has 0 aromatic rings. The molecular weight excluding hydrogens is 324 g/mol. The third-order valence-electron chi connectivity index (χ3n) is 8.35. The fraction of sp³-hybridized carbons (Fsp3) is 0.739. The predicted octanol–water partition coefficient (Wildman–Crippen LogP) is 5.01. The van der Waals surface area contributed by atoms with Crippen LogP contribution < -0.4 is 0 Å². The standard InChI is InChI=1S/C23H32O3/c1-14(24)19-7-8-20-18-6-5-16-13-17(26-15(2)25)9-11-22(16,3)21(18)10-12-23(19,20)4/h5,7,17-18,20-21H,6,8-13H2,1-4H3/t17-,18+,20+,21+,22+,23-/m1/s1. The Hall–Kier alpha value is -1.38. The van der Waals surface area contributed by atoms with E-state index in [4.69, 9.17) is 4.74 Å². The van der Waals surface area contributed by atoms with Crippen molar-refractivity contribution in [3.05, 3.63) is 23.3 Å². The smallest absolute Gasteiger partial charge is 0.302 e. The molecule has 0 bridgehead atoms. The van der Waals surface area contributed by atoms with Crippen LogP contribution in [0.2, 0.25) is 0 Å². The quantitative estimate of drug-likeness (QED) is 0.516. The van der Waals surface area contributed by atoms with Gasteiger partial charge in [-0.05, 0) is 79.6 Å². The van der Waals surface area contributed by atoms with Crippen LogP contribution in [-0.4, -0.2) is 17.9 Å². The number of hydrogen-bond acceptors (Lipinski definition) is 3. The van der Waals surface area contributed by atoms with Gasteiger partial charge in [-0.15, -0.1) is 0 Å². The average Bonchev–Trinajstić information content (AvgIpc) is 2.92. The summed E-state index contributed by atoms with van der Waals surface area (Å²) in [6.45, 7) is 8.05. The lowest BCUT2D eigenvalue weighted by Crippen LogP contribution is -2.50. The SMILES string of the molecule is CC(=O)O[C@@H]1CC[C@@]2(C)C(=CC[C@@H]3[C@@H]2CC[C@]2(C)C(C(C)=O)=CC[C@@H]32)C1. The molecule has 0 radical (unpaired) electrons. The molecular formula is C23H32O3. The summed E-state index contributed by atoms with van der Waals surface area (Å²) in [6.07, 6.45) is 12.3. The maximum Gasteiger partial charge on any atom is 0.302 e. The van der Waals surface area contributed by atoms with Crippen LogP contribution in [0.5, 0.6) is 0 Å². The number of esters is 1. The van der Waals surface area contributed by atoms with Crippen LogP contribution >= 0.6 is 0 Å². The number of hydrogen-bond donors (Lipinski definition) is 0. The first-order valence-electron chi connectivity index (χ1n) is 10.3. The van der Waals surface area contributed by atoms with Gasteiger partial charge in [0, 0.05) is 13.3 Å². The van der Waals surface area contributed by atoms with Crippen LogP contribution in [0.3, 0.4) is 0 Å². The van der Waals surface area contributed by atoms with E-state index in [1.807, 2.05) is 0 Å². The summed E-state index contributed by atoms with van der Waals surface area (Å²) in [4.78, 5) is 23.5. The first kappa shape index (κ1) is 18.0. The molecule has 0 aromatic heterocycles. The van der Waals surface area contributed by atoms with E-state index in [9.17, 15) is 9.59 Å². The van der Waals surface area contributed by atoms with Crippen molar-refractivity contribution in [2.75, 3.05) is 0 Å². The summed E-state index contributed by atoms with van der Waals surface area (Å²) in [5, 5.41) is 0. The van der Waals surface area contributed by atoms with Gasteiger partial charge in [0.1, 0.15) is 6.10 Å². The van der Waals surface area contributed by atoms with Crippen LogP contribution in [0.15, 0.2) is 23.3 Å². The molecule has 3 nitrogen and oxygen atoms in total. The summed E-state index contributed by atoms with van der Waals surface area (Å²) in [6, 6.07) is 0. The monoisotopic (exact) mass is 356 g/mol. The van der Waals surface area contributed by atoms with Crippen LogP contribution in [0.1, 0.15) is 72.6 Å². The number of Topliss-reactive ketones (excluding diaryl/α,β-unsaturated/α-hetero) is 1. The number of carbonyl (C=O) groups is 2. The van der Waals surface area contributed by atoms with Crippen molar-refractivity contribution in [3.8, 4) is 0 Å². The van der Waals surface area contributed by atoms with E-state index in [0.717, 1.165) is 44.1 Å². The number of allylic oxidation sites excluding steroid dienone is 3. The molecule has 4 rings (SSSR count). The molecule has 6 atom stereocenters. The Kier molecular flexibility index (Phi) is 4.20. The van der Waals surface area contributed by atoms with Gasteiger partial charge in [0.25, 0.3) is 0 Å². The van der Waals surface area contributed by atoms with E-state index >= 15 is 0 Å². The Balaban J connectivity index is 1.59. The topological polar surface area (TPSA) is 43.4 Å². The molecule has 142 valence electrons. The minimum atomic E-state index is -0.157. The summed E-state index contributed by atoms with van der Waals surface area (Å²) in [7, 11) is 0. The molecule has 0 amide bonds. The number of rotatable bonds is 2. The molecule has 4 aliphatic carbocycles.